The Hall–Kier alpha value is -2.56. The Balaban J connectivity index is 1.86. The van der Waals surface area contributed by atoms with E-state index in [2.05, 4.69) is 5.32 Å². The molecule has 2 rings (SSSR count). The quantitative estimate of drug-likeness (QED) is 0.841. The minimum Gasteiger partial charge on any atom is -0.491 e. The Kier molecular flexibility index (Phi) is 6.18. The third kappa shape index (κ3) is 5.57. The molecule has 5 heteroatoms. The van der Waals surface area contributed by atoms with Crippen LogP contribution in [0.1, 0.15) is 26.3 Å². The molecule has 0 saturated heterocycles. The molecule has 1 atom stereocenters. The number of carbonyl (C=O) groups excluding carboxylic acids is 1. The van der Waals surface area contributed by atoms with E-state index >= 15 is 0 Å². The van der Waals surface area contributed by atoms with Crippen molar-refractivity contribution < 1.29 is 18.7 Å². The van der Waals surface area contributed by atoms with Gasteiger partial charge in [-0.3, -0.25) is 4.79 Å². The van der Waals surface area contributed by atoms with Crippen molar-refractivity contribution in [3.63, 3.8) is 0 Å². The number of amides is 1. The van der Waals surface area contributed by atoms with Gasteiger partial charge in [0.05, 0.1) is 6.10 Å². The topological polar surface area (TPSA) is 47.6 Å². The fraction of sp³-hybridized carbons (Fsp3) is 0.316. The van der Waals surface area contributed by atoms with Gasteiger partial charge in [-0.05, 0) is 62.7 Å². The first-order valence-corrected chi connectivity index (χ1v) is 7.89. The highest BCUT2D eigenvalue weighted by atomic mass is 19.1. The molecule has 0 aromatic heterocycles. The van der Waals surface area contributed by atoms with Crippen molar-refractivity contribution in [2.24, 2.45) is 0 Å². The second-order valence-corrected chi connectivity index (χ2v) is 5.75. The highest BCUT2D eigenvalue weighted by molar-refractivity contribution is 5.80. The predicted molar refractivity (Wildman–Crippen MR) is 90.5 cm³/mol. The van der Waals surface area contributed by atoms with Crippen LogP contribution in [0.4, 0.5) is 4.39 Å². The van der Waals surface area contributed by atoms with Gasteiger partial charge in [-0.2, -0.15) is 0 Å². The SMILES string of the molecule is CC(C)Oc1cccc(CNC(=O)C(C)Oc2ccc(F)cc2)c1. The van der Waals surface area contributed by atoms with E-state index in [1.54, 1.807) is 6.92 Å². The smallest absolute Gasteiger partial charge is 0.261 e. The van der Waals surface area contributed by atoms with Crippen LogP contribution in [0.25, 0.3) is 0 Å². The minimum absolute atomic E-state index is 0.0963. The highest BCUT2D eigenvalue weighted by Gasteiger charge is 2.14. The molecule has 0 aliphatic heterocycles. The molecule has 1 amide bonds. The average molecular weight is 331 g/mol. The Labute approximate surface area is 141 Å². The predicted octanol–water partition coefficient (Wildman–Crippen LogP) is 3.70. The summed E-state index contributed by atoms with van der Waals surface area (Å²) in [5, 5.41) is 2.82. The molecule has 2 aromatic carbocycles. The molecule has 2 aromatic rings. The molecule has 4 nitrogen and oxygen atoms in total. The maximum absolute atomic E-state index is 12.9. The van der Waals surface area contributed by atoms with Crippen LogP contribution in [0.15, 0.2) is 48.5 Å². The van der Waals surface area contributed by atoms with Crippen molar-refractivity contribution in [2.75, 3.05) is 0 Å². The van der Waals surface area contributed by atoms with E-state index in [9.17, 15) is 9.18 Å². The highest BCUT2D eigenvalue weighted by Crippen LogP contribution is 2.15. The van der Waals surface area contributed by atoms with Crippen molar-refractivity contribution in [1.29, 1.82) is 0 Å². The first-order valence-electron chi connectivity index (χ1n) is 7.89. The summed E-state index contributed by atoms with van der Waals surface area (Å²) in [5.74, 6) is 0.635. The largest absolute Gasteiger partial charge is 0.491 e. The molecular formula is C19H22FNO3. The number of ether oxygens (including phenoxy) is 2. The first kappa shape index (κ1) is 17.8. The van der Waals surface area contributed by atoms with Crippen molar-refractivity contribution in [3.05, 3.63) is 59.9 Å². The third-order valence-corrected chi connectivity index (χ3v) is 3.23. The van der Waals surface area contributed by atoms with Crippen LogP contribution in [-0.4, -0.2) is 18.1 Å². The van der Waals surface area contributed by atoms with Crippen LogP contribution < -0.4 is 14.8 Å². The summed E-state index contributed by atoms with van der Waals surface area (Å²) in [6.45, 7) is 5.95. The molecular weight excluding hydrogens is 309 g/mol. The summed E-state index contributed by atoms with van der Waals surface area (Å²) >= 11 is 0. The van der Waals surface area contributed by atoms with Gasteiger partial charge in [0, 0.05) is 6.54 Å². The lowest BCUT2D eigenvalue weighted by atomic mass is 10.2. The molecule has 0 fully saturated rings. The van der Waals surface area contributed by atoms with Gasteiger partial charge >= 0.3 is 0 Å². The number of rotatable bonds is 7. The lowest BCUT2D eigenvalue weighted by Crippen LogP contribution is -2.35. The number of benzene rings is 2. The molecule has 0 heterocycles. The number of hydrogen-bond donors (Lipinski definition) is 1. The molecule has 24 heavy (non-hydrogen) atoms. The summed E-state index contributed by atoms with van der Waals surface area (Å²) < 4.78 is 24.0. The molecule has 0 aliphatic carbocycles. The summed E-state index contributed by atoms with van der Waals surface area (Å²) in [7, 11) is 0. The molecule has 1 N–H and O–H groups in total. The summed E-state index contributed by atoms with van der Waals surface area (Å²) in [6.07, 6.45) is -0.579. The molecule has 0 saturated carbocycles. The Morgan fingerprint density at radius 2 is 1.75 bits per heavy atom. The molecule has 0 aliphatic rings. The maximum Gasteiger partial charge on any atom is 0.261 e. The van der Waals surface area contributed by atoms with Crippen LogP contribution in [0.2, 0.25) is 0 Å². The van der Waals surface area contributed by atoms with Gasteiger partial charge in [0.2, 0.25) is 0 Å². The molecule has 0 spiro atoms. The lowest BCUT2D eigenvalue weighted by Gasteiger charge is -2.15. The molecule has 128 valence electrons. The molecule has 0 radical (unpaired) electrons. The van der Waals surface area contributed by atoms with Crippen LogP contribution >= 0.6 is 0 Å². The molecule has 1 unspecified atom stereocenters. The van der Waals surface area contributed by atoms with Crippen LogP contribution in [0, 0.1) is 5.82 Å². The van der Waals surface area contributed by atoms with E-state index < -0.39 is 6.10 Å². The number of nitrogens with one attached hydrogen (secondary N) is 1. The van der Waals surface area contributed by atoms with Crippen molar-refractivity contribution >= 4 is 5.91 Å². The van der Waals surface area contributed by atoms with Gasteiger partial charge in [0.1, 0.15) is 17.3 Å². The summed E-state index contributed by atoms with van der Waals surface area (Å²) in [6, 6.07) is 13.1. The van der Waals surface area contributed by atoms with E-state index in [0.717, 1.165) is 11.3 Å². The van der Waals surface area contributed by atoms with Crippen LogP contribution in [0.5, 0.6) is 11.5 Å². The Bertz CT molecular complexity index is 671. The molecule has 0 bridgehead atoms. The zero-order chi connectivity index (χ0) is 17.5. The third-order valence-electron chi connectivity index (χ3n) is 3.23. The summed E-state index contributed by atoms with van der Waals surface area (Å²) in [4.78, 5) is 12.1. The maximum atomic E-state index is 12.9. The van der Waals surface area contributed by atoms with Gasteiger partial charge in [-0.25, -0.2) is 4.39 Å². The van der Waals surface area contributed by atoms with E-state index in [1.165, 1.54) is 24.3 Å². The van der Waals surface area contributed by atoms with Gasteiger partial charge in [-0.1, -0.05) is 12.1 Å². The summed E-state index contributed by atoms with van der Waals surface area (Å²) in [5.41, 5.74) is 0.940. The second kappa shape index (κ2) is 8.34. The van der Waals surface area contributed by atoms with Gasteiger partial charge in [0.25, 0.3) is 5.91 Å². The van der Waals surface area contributed by atoms with E-state index in [4.69, 9.17) is 9.47 Å². The average Bonchev–Trinajstić information content (AvgIpc) is 2.54. The fourth-order valence-electron chi connectivity index (χ4n) is 2.10. The van der Waals surface area contributed by atoms with E-state index in [0.29, 0.717) is 12.3 Å². The Morgan fingerprint density at radius 1 is 1.04 bits per heavy atom. The fourth-order valence-corrected chi connectivity index (χ4v) is 2.10. The van der Waals surface area contributed by atoms with Gasteiger partial charge < -0.3 is 14.8 Å². The monoisotopic (exact) mass is 331 g/mol. The lowest BCUT2D eigenvalue weighted by molar-refractivity contribution is -0.127. The number of carbonyl (C=O) groups is 1. The van der Waals surface area contributed by atoms with Crippen LogP contribution in [-0.2, 0) is 11.3 Å². The number of hydrogen-bond acceptors (Lipinski definition) is 3. The van der Waals surface area contributed by atoms with Crippen molar-refractivity contribution in [1.82, 2.24) is 5.32 Å². The number of halogens is 1. The zero-order valence-electron chi connectivity index (χ0n) is 14.1. The van der Waals surface area contributed by atoms with Gasteiger partial charge in [-0.15, -0.1) is 0 Å². The van der Waals surface area contributed by atoms with Gasteiger partial charge in [0.15, 0.2) is 6.10 Å². The second-order valence-electron chi connectivity index (χ2n) is 5.75. The van der Waals surface area contributed by atoms with Crippen molar-refractivity contribution in [3.8, 4) is 11.5 Å². The van der Waals surface area contributed by atoms with Crippen molar-refractivity contribution in [2.45, 2.75) is 39.5 Å². The minimum atomic E-state index is -0.675. The zero-order valence-corrected chi connectivity index (χ0v) is 14.1. The van der Waals surface area contributed by atoms with Crippen LogP contribution in [0.3, 0.4) is 0 Å². The van der Waals surface area contributed by atoms with E-state index in [1.807, 2.05) is 38.1 Å². The standard InChI is InChI=1S/C19H22FNO3/c1-13(2)23-18-6-4-5-15(11-18)12-21-19(22)14(3)24-17-9-7-16(20)8-10-17/h4-11,13-14H,12H2,1-3H3,(H,21,22). The Morgan fingerprint density at radius 3 is 2.42 bits per heavy atom. The normalized spacial score (nSPS) is 11.9. The first-order chi connectivity index (χ1) is 11.4. The van der Waals surface area contributed by atoms with E-state index in [-0.39, 0.29) is 17.8 Å².